The molecular formula is C9H13N5O2S. The van der Waals surface area contributed by atoms with Gasteiger partial charge in [0.05, 0.1) is 11.0 Å². The summed E-state index contributed by atoms with van der Waals surface area (Å²) in [4.78, 5) is 4.10. The summed E-state index contributed by atoms with van der Waals surface area (Å²) >= 11 is 0. The van der Waals surface area contributed by atoms with Crippen molar-refractivity contribution in [1.82, 2.24) is 13.3 Å². The van der Waals surface area contributed by atoms with Crippen LogP contribution in [0.2, 0.25) is 0 Å². The summed E-state index contributed by atoms with van der Waals surface area (Å²) in [5.41, 5.74) is 3.33. The predicted molar refractivity (Wildman–Crippen MR) is 65.5 cm³/mol. The second-order valence-electron chi connectivity index (χ2n) is 3.62. The molecule has 2 aromatic rings. The lowest BCUT2D eigenvalue weighted by Gasteiger charge is -2.14. The fourth-order valence-electron chi connectivity index (χ4n) is 1.49. The van der Waals surface area contributed by atoms with Crippen LogP contribution >= 0.6 is 0 Å². The fraction of sp³-hybridized carbons (Fsp3) is 0.222. The molecule has 0 atom stereocenters. The first-order valence-corrected chi connectivity index (χ1v) is 6.25. The fourth-order valence-corrected chi connectivity index (χ4v) is 2.53. The molecule has 0 spiro atoms. The highest BCUT2D eigenvalue weighted by molar-refractivity contribution is 7.87. The molecule has 0 unspecified atom stereocenters. The second-order valence-corrected chi connectivity index (χ2v) is 5.61. The molecule has 1 aromatic carbocycles. The van der Waals surface area contributed by atoms with Gasteiger partial charge in [0.2, 0.25) is 5.95 Å². The Bertz CT molecular complexity index is 646. The molecule has 0 saturated heterocycles. The van der Waals surface area contributed by atoms with Crippen LogP contribution < -0.4 is 11.3 Å². The molecule has 3 N–H and O–H groups in total. The molecule has 0 saturated carbocycles. The summed E-state index contributed by atoms with van der Waals surface area (Å²) in [5.74, 6) is 5.38. The number of rotatable bonds is 3. The third-order valence-electron chi connectivity index (χ3n) is 2.34. The summed E-state index contributed by atoms with van der Waals surface area (Å²) in [6.07, 6.45) is 0. The molecule has 1 aromatic heterocycles. The van der Waals surface area contributed by atoms with Crippen LogP contribution in [0.25, 0.3) is 11.0 Å². The number of benzene rings is 1. The van der Waals surface area contributed by atoms with Crippen molar-refractivity contribution in [1.29, 1.82) is 0 Å². The number of hydrazine groups is 1. The summed E-state index contributed by atoms with van der Waals surface area (Å²) in [6, 6.07) is 6.91. The number of nitrogen functional groups attached to an aromatic ring is 1. The number of nitrogens with zero attached hydrogens (tertiary/aromatic N) is 3. The lowest BCUT2D eigenvalue weighted by Crippen LogP contribution is -2.30. The Morgan fingerprint density at radius 3 is 2.59 bits per heavy atom. The van der Waals surface area contributed by atoms with Crippen LogP contribution in [-0.2, 0) is 10.2 Å². The molecule has 92 valence electrons. The lowest BCUT2D eigenvalue weighted by molar-refractivity contribution is 0.513. The minimum absolute atomic E-state index is 0.0832. The van der Waals surface area contributed by atoms with E-state index in [9.17, 15) is 8.42 Å². The van der Waals surface area contributed by atoms with Crippen LogP contribution in [0.15, 0.2) is 24.3 Å². The van der Waals surface area contributed by atoms with Gasteiger partial charge in [0.15, 0.2) is 0 Å². The Labute approximate surface area is 99.0 Å². The normalized spacial score (nSPS) is 12.2. The maximum Gasteiger partial charge on any atom is 0.310 e. The number of nitrogens with two attached hydrogens (primary N) is 1. The van der Waals surface area contributed by atoms with E-state index in [1.807, 2.05) is 0 Å². The first-order valence-electron chi connectivity index (χ1n) is 4.85. The molecule has 0 aliphatic heterocycles. The van der Waals surface area contributed by atoms with Gasteiger partial charge in [-0.25, -0.2) is 10.8 Å². The standard InChI is InChI=1S/C9H13N5O2S/c1-13(2)17(15,16)14-8-6-4-3-5-7(8)11-9(14)12-10/h3-6H,10H2,1-2H3,(H,11,12). The maximum atomic E-state index is 12.1. The average Bonchev–Trinajstić information content (AvgIpc) is 2.67. The molecule has 0 aliphatic rings. The van der Waals surface area contributed by atoms with Gasteiger partial charge >= 0.3 is 10.2 Å². The molecule has 7 nitrogen and oxygen atoms in total. The highest BCUT2D eigenvalue weighted by Crippen LogP contribution is 2.21. The molecule has 8 heteroatoms. The Hall–Kier alpha value is -1.64. The second kappa shape index (κ2) is 3.99. The van der Waals surface area contributed by atoms with Gasteiger partial charge in [0.1, 0.15) is 0 Å². The van der Waals surface area contributed by atoms with Crippen molar-refractivity contribution < 1.29 is 8.42 Å². The number of imidazole rings is 1. The number of fused-ring (bicyclic) bond motifs is 1. The highest BCUT2D eigenvalue weighted by atomic mass is 32.2. The van der Waals surface area contributed by atoms with E-state index >= 15 is 0 Å². The first kappa shape index (κ1) is 11.8. The SMILES string of the molecule is CN(C)S(=O)(=O)n1c(NN)nc2ccccc21. The van der Waals surface area contributed by atoms with Gasteiger partial charge in [-0.2, -0.15) is 16.7 Å². The van der Waals surface area contributed by atoms with Gasteiger partial charge in [-0.05, 0) is 12.1 Å². The molecule has 0 aliphatic carbocycles. The van der Waals surface area contributed by atoms with E-state index in [0.29, 0.717) is 11.0 Å². The third-order valence-corrected chi connectivity index (χ3v) is 4.09. The Morgan fingerprint density at radius 2 is 2.00 bits per heavy atom. The zero-order valence-corrected chi connectivity index (χ0v) is 10.3. The minimum atomic E-state index is -3.66. The zero-order chi connectivity index (χ0) is 12.6. The topological polar surface area (TPSA) is 93.2 Å². The van der Waals surface area contributed by atoms with Gasteiger partial charge in [-0.15, -0.1) is 0 Å². The molecule has 0 bridgehead atoms. The molecular weight excluding hydrogens is 242 g/mol. The largest absolute Gasteiger partial charge is 0.310 e. The van der Waals surface area contributed by atoms with Crippen molar-refractivity contribution in [3.05, 3.63) is 24.3 Å². The van der Waals surface area contributed by atoms with Gasteiger partial charge < -0.3 is 0 Å². The first-order chi connectivity index (χ1) is 7.98. The van der Waals surface area contributed by atoms with E-state index in [-0.39, 0.29) is 5.95 Å². The van der Waals surface area contributed by atoms with E-state index in [1.165, 1.54) is 14.1 Å². The molecule has 1 heterocycles. The van der Waals surface area contributed by atoms with Crippen molar-refractivity contribution in [2.45, 2.75) is 0 Å². The molecule has 0 fully saturated rings. The number of anilines is 1. The Morgan fingerprint density at radius 1 is 1.35 bits per heavy atom. The van der Waals surface area contributed by atoms with Gasteiger partial charge in [0.25, 0.3) is 0 Å². The third kappa shape index (κ3) is 1.75. The van der Waals surface area contributed by atoms with Crippen molar-refractivity contribution >= 4 is 27.2 Å². The van der Waals surface area contributed by atoms with Crippen molar-refractivity contribution in [3.63, 3.8) is 0 Å². The molecule has 2 rings (SSSR count). The summed E-state index contributed by atoms with van der Waals surface area (Å²) < 4.78 is 26.5. The van der Waals surface area contributed by atoms with Crippen LogP contribution in [-0.4, -0.2) is 35.8 Å². The van der Waals surface area contributed by atoms with E-state index in [1.54, 1.807) is 24.3 Å². The van der Waals surface area contributed by atoms with E-state index in [2.05, 4.69) is 10.4 Å². The monoisotopic (exact) mass is 255 g/mol. The number of hydrogen-bond acceptors (Lipinski definition) is 5. The minimum Gasteiger partial charge on any atom is -0.293 e. The van der Waals surface area contributed by atoms with Crippen LogP contribution in [0, 0.1) is 0 Å². The summed E-state index contributed by atoms with van der Waals surface area (Å²) in [6.45, 7) is 0. The van der Waals surface area contributed by atoms with Gasteiger partial charge in [0, 0.05) is 14.1 Å². The molecule has 17 heavy (non-hydrogen) atoms. The van der Waals surface area contributed by atoms with Crippen LogP contribution in [0.1, 0.15) is 0 Å². The smallest absolute Gasteiger partial charge is 0.293 e. The number of para-hydroxylation sites is 2. The van der Waals surface area contributed by atoms with Crippen LogP contribution in [0.5, 0.6) is 0 Å². The summed E-state index contributed by atoms with van der Waals surface area (Å²) in [5, 5.41) is 0. The van der Waals surface area contributed by atoms with Gasteiger partial charge in [-0.1, -0.05) is 12.1 Å². The number of hydrogen-bond donors (Lipinski definition) is 2. The van der Waals surface area contributed by atoms with Crippen molar-refractivity contribution in [3.8, 4) is 0 Å². The van der Waals surface area contributed by atoms with Crippen molar-refractivity contribution in [2.24, 2.45) is 5.84 Å². The van der Waals surface area contributed by atoms with Gasteiger partial charge in [-0.3, -0.25) is 5.43 Å². The van der Waals surface area contributed by atoms with E-state index in [4.69, 9.17) is 5.84 Å². The van der Waals surface area contributed by atoms with Crippen molar-refractivity contribution in [2.75, 3.05) is 19.5 Å². The number of aromatic nitrogens is 2. The van der Waals surface area contributed by atoms with Crippen LogP contribution in [0.4, 0.5) is 5.95 Å². The van der Waals surface area contributed by atoms with E-state index < -0.39 is 10.2 Å². The predicted octanol–water partition coefficient (Wildman–Crippen LogP) is -0.0236. The number of nitrogens with one attached hydrogen (secondary N) is 1. The highest BCUT2D eigenvalue weighted by Gasteiger charge is 2.23. The lowest BCUT2D eigenvalue weighted by atomic mass is 10.3. The molecule has 0 amide bonds. The summed E-state index contributed by atoms with van der Waals surface area (Å²) in [7, 11) is -0.760. The van der Waals surface area contributed by atoms with Crippen LogP contribution in [0.3, 0.4) is 0 Å². The Balaban J connectivity index is 2.84. The molecule has 0 radical (unpaired) electrons. The Kier molecular flexibility index (Phi) is 2.77. The van der Waals surface area contributed by atoms with E-state index in [0.717, 1.165) is 8.28 Å². The maximum absolute atomic E-state index is 12.1. The average molecular weight is 255 g/mol. The quantitative estimate of drug-likeness (QED) is 0.593. The zero-order valence-electron chi connectivity index (χ0n) is 9.45.